The predicted octanol–water partition coefficient (Wildman–Crippen LogP) is 0.873. The fourth-order valence-corrected chi connectivity index (χ4v) is 2.51. The molecule has 0 aromatic carbocycles. The van der Waals surface area contributed by atoms with Crippen LogP contribution in [-0.2, 0) is 0 Å². The molecule has 1 heterocycles. The molecule has 1 aromatic heterocycles. The summed E-state index contributed by atoms with van der Waals surface area (Å²) < 4.78 is 0. The molecule has 4 N–H and O–H groups in total. The van der Waals surface area contributed by atoms with E-state index in [1.54, 1.807) is 4.90 Å². The van der Waals surface area contributed by atoms with Gasteiger partial charge in [0, 0.05) is 14.1 Å². The Morgan fingerprint density at radius 2 is 1.95 bits per heavy atom. The predicted molar refractivity (Wildman–Crippen MR) is 79.6 cm³/mol. The smallest absolute Gasteiger partial charge is 0.231 e. The Hall–Kier alpha value is -1.63. The zero-order chi connectivity index (χ0) is 14.8. The van der Waals surface area contributed by atoms with E-state index < -0.39 is 0 Å². The van der Waals surface area contributed by atoms with E-state index in [0.29, 0.717) is 17.8 Å². The molecule has 1 aliphatic rings. The molecule has 112 valence electrons. The van der Waals surface area contributed by atoms with Gasteiger partial charge < -0.3 is 21.1 Å². The third-order valence-corrected chi connectivity index (χ3v) is 3.95. The Labute approximate surface area is 119 Å². The summed E-state index contributed by atoms with van der Waals surface area (Å²) in [6, 6.07) is 0. The summed E-state index contributed by atoms with van der Waals surface area (Å²) in [6.45, 7) is 2.31. The highest BCUT2D eigenvalue weighted by Gasteiger charge is 2.34. The molecule has 20 heavy (non-hydrogen) atoms. The van der Waals surface area contributed by atoms with Crippen molar-refractivity contribution in [1.29, 1.82) is 0 Å². The molecule has 0 bridgehead atoms. The van der Waals surface area contributed by atoms with Crippen molar-refractivity contribution in [3.05, 3.63) is 0 Å². The van der Waals surface area contributed by atoms with Gasteiger partial charge in [-0.1, -0.05) is 6.92 Å². The van der Waals surface area contributed by atoms with Crippen LogP contribution < -0.4 is 16.0 Å². The number of aliphatic hydroxyl groups excluding tert-OH is 1. The fraction of sp³-hybridized carbons (Fsp3) is 0.769. The first kappa shape index (κ1) is 14.8. The number of nitrogens with zero attached hydrogens (tertiary/aromatic N) is 4. The van der Waals surface area contributed by atoms with Crippen LogP contribution in [0.2, 0.25) is 0 Å². The molecule has 1 aromatic rings. The van der Waals surface area contributed by atoms with E-state index >= 15 is 0 Å². The van der Waals surface area contributed by atoms with Crippen LogP contribution in [0.15, 0.2) is 0 Å². The topological polar surface area (TPSA) is 100 Å². The lowest BCUT2D eigenvalue weighted by molar-refractivity contribution is 0.154. The SMILES string of the molecule is CC1CCC(CO)(Nc2nc(N)nc(N(C)C)n2)CC1. The molecule has 7 nitrogen and oxygen atoms in total. The Kier molecular flexibility index (Phi) is 4.27. The van der Waals surface area contributed by atoms with Crippen LogP contribution in [0, 0.1) is 5.92 Å². The van der Waals surface area contributed by atoms with E-state index in [0.717, 1.165) is 25.7 Å². The Balaban J connectivity index is 2.19. The van der Waals surface area contributed by atoms with E-state index in [4.69, 9.17) is 5.73 Å². The lowest BCUT2D eigenvalue weighted by atomic mass is 9.77. The number of hydrogen-bond acceptors (Lipinski definition) is 7. The number of aliphatic hydroxyl groups is 1. The summed E-state index contributed by atoms with van der Waals surface area (Å²) in [6.07, 6.45) is 4.00. The molecule has 0 aliphatic heterocycles. The second-order valence-corrected chi connectivity index (χ2v) is 5.96. The molecule has 0 amide bonds. The lowest BCUT2D eigenvalue weighted by Crippen LogP contribution is -2.45. The van der Waals surface area contributed by atoms with Crippen molar-refractivity contribution in [2.45, 2.75) is 38.1 Å². The number of nitrogens with two attached hydrogens (primary N) is 1. The standard InChI is InChI=1S/C13H24N6O/c1-9-4-6-13(8-20,7-5-9)18-11-15-10(14)16-12(17-11)19(2)3/h9,20H,4-8H2,1-3H3,(H3,14,15,16,17,18). The Morgan fingerprint density at radius 1 is 1.30 bits per heavy atom. The van der Waals surface area contributed by atoms with Gasteiger partial charge >= 0.3 is 0 Å². The van der Waals surface area contributed by atoms with Crippen molar-refractivity contribution in [2.24, 2.45) is 5.92 Å². The maximum absolute atomic E-state index is 9.76. The minimum Gasteiger partial charge on any atom is -0.394 e. The van der Waals surface area contributed by atoms with Crippen LogP contribution in [0.3, 0.4) is 0 Å². The van der Waals surface area contributed by atoms with Gasteiger partial charge in [0.1, 0.15) is 0 Å². The maximum Gasteiger partial charge on any atom is 0.231 e. The van der Waals surface area contributed by atoms with Gasteiger partial charge in [-0.15, -0.1) is 0 Å². The van der Waals surface area contributed by atoms with Gasteiger partial charge in [-0.2, -0.15) is 15.0 Å². The number of anilines is 3. The molecule has 2 rings (SSSR count). The van der Waals surface area contributed by atoms with Gasteiger partial charge in [-0.3, -0.25) is 0 Å². The normalized spacial score (nSPS) is 26.3. The van der Waals surface area contributed by atoms with E-state index in [9.17, 15) is 5.11 Å². The summed E-state index contributed by atoms with van der Waals surface area (Å²) >= 11 is 0. The van der Waals surface area contributed by atoms with Crippen LogP contribution in [0.25, 0.3) is 0 Å². The third-order valence-electron chi connectivity index (χ3n) is 3.95. The molecule has 1 fully saturated rings. The van der Waals surface area contributed by atoms with Crippen LogP contribution in [0.5, 0.6) is 0 Å². The molecule has 0 radical (unpaired) electrons. The maximum atomic E-state index is 9.76. The molecular weight excluding hydrogens is 256 g/mol. The second-order valence-electron chi connectivity index (χ2n) is 5.96. The third kappa shape index (κ3) is 3.27. The second kappa shape index (κ2) is 5.78. The summed E-state index contributed by atoms with van der Waals surface area (Å²) in [5, 5.41) is 13.0. The highest BCUT2D eigenvalue weighted by Crippen LogP contribution is 2.33. The van der Waals surface area contributed by atoms with Gasteiger partial charge in [0.15, 0.2) is 0 Å². The number of nitrogens with one attached hydrogen (secondary N) is 1. The molecule has 0 spiro atoms. The quantitative estimate of drug-likeness (QED) is 0.752. The van der Waals surface area contributed by atoms with Crippen molar-refractivity contribution in [2.75, 3.05) is 36.7 Å². The van der Waals surface area contributed by atoms with Gasteiger partial charge in [-0.05, 0) is 31.6 Å². The highest BCUT2D eigenvalue weighted by molar-refractivity contribution is 5.42. The summed E-state index contributed by atoms with van der Waals surface area (Å²) in [4.78, 5) is 14.3. The van der Waals surface area contributed by atoms with E-state index in [2.05, 4.69) is 27.2 Å². The minimum atomic E-state index is -0.343. The molecule has 1 aliphatic carbocycles. The minimum absolute atomic E-state index is 0.0720. The van der Waals surface area contributed by atoms with Crippen molar-refractivity contribution >= 4 is 17.8 Å². The summed E-state index contributed by atoms with van der Waals surface area (Å²) in [5.41, 5.74) is 5.37. The van der Waals surface area contributed by atoms with E-state index in [-0.39, 0.29) is 18.1 Å². The van der Waals surface area contributed by atoms with Crippen molar-refractivity contribution in [1.82, 2.24) is 15.0 Å². The van der Waals surface area contributed by atoms with E-state index in [1.165, 1.54) is 0 Å². The molecule has 0 atom stereocenters. The van der Waals surface area contributed by atoms with Crippen LogP contribution >= 0.6 is 0 Å². The first-order valence-corrected chi connectivity index (χ1v) is 7.02. The highest BCUT2D eigenvalue weighted by atomic mass is 16.3. The molecule has 0 unspecified atom stereocenters. The first-order valence-electron chi connectivity index (χ1n) is 7.02. The molecule has 1 saturated carbocycles. The number of hydrogen-bond donors (Lipinski definition) is 3. The average molecular weight is 280 g/mol. The largest absolute Gasteiger partial charge is 0.394 e. The van der Waals surface area contributed by atoms with Crippen molar-refractivity contribution in [3.63, 3.8) is 0 Å². The monoisotopic (exact) mass is 280 g/mol. The van der Waals surface area contributed by atoms with Crippen molar-refractivity contribution in [3.8, 4) is 0 Å². The molecular formula is C13H24N6O. The van der Waals surface area contributed by atoms with Crippen molar-refractivity contribution < 1.29 is 5.11 Å². The number of aromatic nitrogens is 3. The zero-order valence-corrected chi connectivity index (χ0v) is 12.4. The Morgan fingerprint density at radius 3 is 2.50 bits per heavy atom. The van der Waals surface area contributed by atoms with Gasteiger partial charge in [0.2, 0.25) is 17.8 Å². The average Bonchev–Trinajstić information content (AvgIpc) is 2.41. The Bertz CT molecular complexity index is 456. The van der Waals surface area contributed by atoms with Gasteiger partial charge in [0.05, 0.1) is 12.1 Å². The van der Waals surface area contributed by atoms with Crippen LogP contribution in [0.4, 0.5) is 17.8 Å². The zero-order valence-electron chi connectivity index (χ0n) is 12.4. The van der Waals surface area contributed by atoms with E-state index in [1.807, 2.05) is 14.1 Å². The molecule has 7 heteroatoms. The number of nitrogen functional groups attached to an aromatic ring is 1. The number of rotatable bonds is 4. The first-order chi connectivity index (χ1) is 9.44. The van der Waals surface area contributed by atoms with Gasteiger partial charge in [0.25, 0.3) is 0 Å². The lowest BCUT2D eigenvalue weighted by Gasteiger charge is -2.38. The summed E-state index contributed by atoms with van der Waals surface area (Å²) in [5.74, 6) is 1.84. The summed E-state index contributed by atoms with van der Waals surface area (Å²) in [7, 11) is 3.70. The van der Waals surface area contributed by atoms with Crippen LogP contribution in [-0.4, -0.2) is 46.3 Å². The van der Waals surface area contributed by atoms with Gasteiger partial charge in [-0.25, -0.2) is 0 Å². The van der Waals surface area contributed by atoms with Crippen LogP contribution in [0.1, 0.15) is 32.6 Å². The molecule has 0 saturated heterocycles. The fourth-order valence-electron chi connectivity index (χ4n) is 2.51.